The summed E-state index contributed by atoms with van der Waals surface area (Å²) < 4.78 is 29.0. The fraction of sp³-hybridized carbons (Fsp3) is 0.333. The zero-order valence-corrected chi connectivity index (χ0v) is 15.5. The van der Waals surface area contributed by atoms with E-state index in [1.54, 1.807) is 6.07 Å². The number of H-pyrrole nitrogens is 1. The number of aromatic amines is 1. The zero-order chi connectivity index (χ0) is 19.7. The lowest BCUT2D eigenvalue weighted by Gasteiger charge is -2.36. The van der Waals surface area contributed by atoms with Crippen molar-refractivity contribution in [3.8, 4) is 0 Å². The smallest absolute Gasteiger partial charge is 0.348 e. The van der Waals surface area contributed by atoms with Crippen LogP contribution in [-0.2, 0) is 10.7 Å². The average Bonchev–Trinajstić information content (AvgIpc) is 3.14. The lowest BCUT2D eigenvalue weighted by molar-refractivity contribution is -0.148. The van der Waals surface area contributed by atoms with E-state index in [0.717, 1.165) is 16.9 Å². The number of piperidine rings is 1. The van der Waals surface area contributed by atoms with Crippen LogP contribution in [0.5, 0.6) is 0 Å². The molecule has 0 saturated carbocycles. The maximum absolute atomic E-state index is 14.5. The van der Waals surface area contributed by atoms with Crippen LogP contribution in [0.1, 0.15) is 30.3 Å². The van der Waals surface area contributed by atoms with Gasteiger partial charge in [-0.1, -0.05) is 42.5 Å². The second kappa shape index (κ2) is 7.31. The molecule has 5 nitrogen and oxygen atoms in total. The molecule has 0 radical (unpaired) electrons. The van der Waals surface area contributed by atoms with E-state index in [1.807, 2.05) is 31.3 Å². The highest BCUT2D eigenvalue weighted by molar-refractivity contribution is 5.85. The second-order valence-electron chi connectivity index (χ2n) is 7.27. The number of halogens is 2. The number of likely N-dealkylation sites (tertiary alicyclic amines) is 1. The Balaban J connectivity index is 1.49. The van der Waals surface area contributed by atoms with Gasteiger partial charge in [-0.05, 0) is 32.0 Å². The van der Waals surface area contributed by atoms with E-state index >= 15 is 0 Å². The van der Waals surface area contributed by atoms with Crippen molar-refractivity contribution in [3.63, 3.8) is 0 Å². The molecule has 0 spiro atoms. The quantitative estimate of drug-likeness (QED) is 0.723. The van der Waals surface area contributed by atoms with Gasteiger partial charge in [0.15, 0.2) is 0 Å². The highest BCUT2D eigenvalue weighted by atomic mass is 19.3. The minimum Gasteiger partial charge on any atom is -0.348 e. The van der Waals surface area contributed by atoms with E-state index in [9.17, 15) is 13.6 Å². The van der Waals surface area contributed by atoms with E-state index in [2.05, 4.69) is 20.2 Å². The van der Waals surface area contributed by atoms with Crippen molar-refractivity contribution in [3.05, 3.63) is 66.0 Å². The fourth-order valence-corrected chi connectivity index (χ4v) is 3.72. The van der Waals surface area contributed by atoms with Gasteiger partial charge < -0.3 is 10.3 Å². The summed E-state index contributed by atoms with van der Waals surface area (Å²) in [4.78, 5) is 22.4. The highest BCUT2D eigenvalue weighted by Crippen LogP contribution is 2.32. The van der Waals surface area contributed by atoms with Crippen molar-refractivity contribution in [2.24, 2.45) is 0 Å². The largest absolute Gasteiger partial charge is 0.349 e. The van der Waals surface area contributed by atoms with Gasteiger partial charge in [0.2, 0.25) is 0 Å². The molecule has 1 fully saturated rings. The number of hydrogen-bond donors (Lipinski definition) is 2. The summed E-state index contributed by atoms with van der Waals surface area (Å²) in [5.74, 6) is -4.02. The molecule has 2 aromatic carbocycles. The molecule has 2 atom stereocenters. The number of para-hydroxylation sites is 2. The van der Waals surface area contributed by atoms with Gasteiger partial charge in [-0.2, -0.15) is 8.78 Å². The molecule has 1 saturated heterocycles. The van der Waals surface area contributed by atoms with E-state index in [1.165, 1.54) is 24.3 Å². The molecule has 1 amide bonds. The molecule has 1 aliphatic heterocycles. The molecule has 1 aliphatic rings. The molecule has 0 bridgehead atoms. The van der Waals surface area contributed by atoms with Gasteiger partial charge in [0.1, 0.15) is 5.82 Å². The molecule has 4 rings (SSSR count). The third kappa shape index (κ3) is 3.49. The third-order valence-electron chi connectivity index (χ3n) is 5.35. The first-order valence-corrected chi connectivity index (χ1v) is 9.34. The van der Waals surface area contributed by atoms with Gasteiger partial charge in [0.25, 0.3) is 5.91 Å². The summed E-state index contributed by atoms with van der Waals surface area (Å²) in [5, 5.41) is 2.55. The number of nitrogens with one attached hydrogen (secondary N) is 2. The maximum atomic E-state index is 14.5. The van der Waals surface area contributed by atoms with Crippen LogP contribution in [0.2, 0.25) is 0 Å². The lowest BCUT2D eigenvalue weighted by Crippen LogP contribution is -2.49. The zero-order valence-electron chi connectivity index (χ0n) is 15.5. The fourth-order valence-electron chi connectivity index (χ4n) is 3.72. The number of benzene rings is 2. The topological polar surface area (TPSA) is 61.0 Å². The Hall–Kier alpha value is -2.80. The summed E-state index contributed by atoms with van der Waals surface area (Å²) in [6.45, 7) is 0.684. The molecule has 2 N–H and O–H groups in total. The first-order chi connectivity index (χ1) is 13.4. The van der Waals surface area contributed by atoms with E-state index in [4.69, 9.17) is 0 Å². The standard InChI is InChI=1S/C21H22F2N4O/c1-27-12-11-15(24-20(28)21(22,23)14-7-3-2-4-8-14)13-18(27)19-25-16-9-5-6-10-17(16)26-19/h2-10,15,18H,11-13H2,1H3,(H,24,28)(H,25,26)/t15-,18-/m1/s1. The molecular weight excluding hydrogens is 362 g/mol. The summed E-state index contributed by atoms with van der Waals surface area (Å²) in [5.41, 5.74) is 1.51. The minimum atomic E-state index is -3.56. The number of carbonyl (C=O) groups excluding carboxylic acids is 1. The molecule has 28 heavy (non-hydrogen) atoms. The average molecular weight is 384 g/mol. The number of carbonyl (C=O) groups is 1. The van der Waals surface area contributed by atoms with Gasteiger partial charge in [-0.25, -0.2) is 4.98 Å². The van der Waals surface area contributed by atoms with Crippen LogP contribution in [0.4, 0.5) is 8.78 Å². The van der Waals surface area contributed by atoms with Crippen LogP contribution in [0, 0.1) is 0 Å². The van der Waals surface area contributed by atoms with Crippen molar-refractivity contribution >= 4 is 16.9 Å². The number of hydrogen-bond acceptors (Lipinski definition) is 3. The first kappa shape index (κ1) is 18.6. The van der Waals surface area contributed by atoms with Gasteiger partial charge in [-0.3, -0.25) is 9.69 Å². The van der Waals surface area contributed by atoms with Crippen molar-refractivity contribution < 1.29 is 13.6 Å². The first-order valence-electron chi connectivity index (χ1n) is 9.34. The monoisotopic (exact) mass is 384 g/mol. The van der Waals surface area contributed by atoms with Crippen LogP contribution >= 0.6 is 0 Å². The van der Waals surface area contributed by atoms with Gasteiger partial charge in [0.05, 0.1) is 17.1 Å². The third-order valence-corrected chi connectivity index (χ3v) is 5.35. The predicted molar refractivity (Wildman–Crippen MR) is 103 cm³/mol. The molecule has 146 valence electrons. The summed E-state index contributed by atoms with van der Waals surface area (Å²) in [6.07, 6.45) is 1.14. The number of fused-ring (bicyclic) bond motifs is 1. The minimum absolute atomic E-state index is 0.0724. The molecular formula is C21H22F2N4O. The van der Waals surface area contributed by atoms with Crippen molar-refractivity contribution in [1.82, 2.24) is 20.2 Å². The van der Waals surface area contributed by atoms with Crippen molar-refractivity contribution in [2.75, 3.05) is 13.6 Å². The molecule has 0 unspecified atom stereocenters. The summed E-state index contributed by atoms with van der Waals surface area (Å²) in [7, 11) is 1.98. The lowest BCUT2D eigenvalue weighted by atomic mass is 9.96. The Morgan fingerprint density at radius 1 is 1.18 bits per heavy atom. The number of imidazole rings is 1. The summed E-state index contributed by atoms with van der Waals surface area (Å²) >= 11 is 0. The Labute approximate surface area is 161 Å². The van der Waals surface area contributed by atoms with E-state index in [0.29, 0.717) is 19.4 Å². The van der Waals surface area contributed by atoms with Crippen LogP contribution in [-0.4, -0.2) is 40.4 Å². The highest BCUT2D eigenvalue weighted by Gasteiger charge is 2.42. The van der Waals surface area contributed by atoms with E-state index < -0.39 is 11.8 Å². The van der Waals surface area contributed by atoms with Crippen LogP contribution < -0.4 is 5.32 Å². The second-order valence-corrected chi connectivity index (χ2v) is 7.27. The van der Waals surface area contributed by atoms with Gasteiger partial charge in [0, 0.05) is 18.2 Å². The Bertz CT molecular complexity index is 940. The molecule has 0 aliphatic carbocycles. The molecule has 2 heterocycles. The number of nitrogens with zero attached hydrogens (tertiary/aromatic N) is 2. The number of alkyl halides is 2. The molecule has 1 aromatic heterocycles. The summed E-state index contributed by atoms with van der Waals surface area (Å²) in [6, 6.07) is 14.5. The Kier molecular flexibility index (Phi) is 4.85. The number of aromatic nitrogens is 2. The SMILES string of the molecule is CN1CC[C@@H](NC(=O)C(F)(F)c2ccccc2)C[C@@H]1c1nc2ccccc2[nH]1. The molecule has 3 aromatic rings. The van der Waals surface area contributed by atoms with Crippen LogP contribution in [0.15, 0.2) is 54.6 Å². The molecule has 7 heteroatoms. The predicted octanol–water partition coefficient (Wildman–Crippen LogP) is 3.61. The van der Waals surface area contributed by atoms with Crippen LogP contribution in [0.3, 0.4) is 0 Å². The van der Waals surface area contributed by atoms with Gasteiger partial charge in [-0.15, -0.1) is 0 Å². The van der Waals surface area contributed by atoms with Crippen molar-refractivity contribution in [1.29, 1.82) is 0 Å². The number of rotatable bonds is 4. The van der Waals surface area contributed by atoms with Crippen molar-refractivity contribution in [2.45, 2.75) is 30.8 Å². The van der Waals surface area contributed by atoms with E-state index in [-0.39, 0.29) is 17.6 Å². The maximum Gasteiger partial charge on any atom is 0.349 e. The van der Waals surface area contributed by atoms with Gasteiger partial charge >= 0.3 is 5.92 Å². The van der Waals surface area contributed by atoms with Crippen LogP contribution in [0.25, 0.3) is 11.0 Å². The number of amides is 1. The Morgan fingerprint density at radius 2 is 1.89 bits per heavy atom. The normalized spacial score (nSPS) is 21.0. The Morgan fingerprint density at radius 3 is 2.64 bits per heavy atom.